The fourth-order valence-electron chi connectivity index (χ4n) is 2.04. The quantitative estimate of drug-likeness (QED) is 0.823. The van der Waals surface area contributed by atoms with E-state index < -0.39 is 0 Å². The molecule has 0 aliphatic heterocycles. The molecule has 0 aliphatic rings. The van der Waals surface area contributed by atoms with Gasteiger partial charge in [0.2, 0.25) is 0 Å². The number of benzene rings is 1. The molecule has 0 atom stereocenters. The molecule has 0 unspecified atom stereocenters. The molecule has 0 amide bonds. The first kappa shape index (κ1) is 16.2. The summed E-state index contributed by atoms with van der Waals surface area (Å²) in [6.45, 7) is 15.3. The van der Waals surface area contributed by atoms with E-state index in [1.807, 2.05) is 7.05 Å². The molecule has 1 rings (SSSR count). The summed E-state index contributed by atoms with van der Waals surface area (Å²) in [6, 6.07) is 6.80. The van der Waals surface area contributed by atoms with E-state index in [2.05, 4.69) is 70.4 Å². The predicted molar refractivity (Wildman–Crippen MR) is 85.0 cm³/mol. The Labute approximate surface area is 119 Å². The molecule has 0 saturated heterocycles. The molecule has 0 aliphatic carbocycles. The molecule has 0 spiro atoms. The van der Waals surface area contributed by atoms with Gasteiger partial charge in [0.1, 0.15) is 0 Å². The molecule has 0 saturated carbocycles. The van der Waals surface area contributed by atoms with E-state index >= 15 is 0 Å². The third-order valence-electron chi connectivity index (χ3n) is 4.10. The van der Waals surface area contributed by atoms with E-state index in [1.54, 1.807) is 0 Å². The largest absolute Gasteiger partial charge is 0.314 e. The molecule has 0 heterocycles. The Bertz CT molecular complexity index is 419. The van der Waals surface area contributed by atoms with Crippen LogP contribution < -0.4 is 10.6 Å². The fraction of sp³-hybridized carbons (Fsp3) is 0.647. The van der Waals surface area contributed by atoms with Gasteiger partial charge in [-0.2, -0.15) is 0 Å². The minimum absolute atomic E-state index is 0.138. The van der Waals surface area contributed by atoms with Gasteiger partial charge in [-0.05, 0) is 51.4 Å². The maximum absolute atomic E-state index is 3.59. The first-order valence-corrected chi connectivity index (χ1v) is 7.15. The van der Waals surface area contributed by atoms with Gasteiger partial charge in [-0.15, -0.1) is 0 Å². The third-order valence-corrected chi connectivity index (χ3v) is 4.10. The molecule has 2 heteroatoms. The van der Waals surface area contributed by atoms with E-state index in [1.165, 1.54) is 16.7 Å². The van der Waals surface area contributed by atoms with Crippen molar-refractivity contribution >= 4 is 0 Å². The Balaban J connectivity index is 2.67. The van der Waals surface area contributed by atoms with Crippen molar-refractivity contribution in [2.45, 2.75) is 52.5 Å². The predicted octanol–water partition coefficient (Wildman–Crippen LogP) is 3.17. The minimum Gasteiger partial charge on any atom is -0.314 e. The van der Waals surface area contributed by atoms with Crippen LogP contribution in [0.25, 0.3) is 0 Å². The number of hydrogen-bond donors (Lipinski definition) is 2. The van der Waals surface area contributed by atoms with Gasteiger partial charge in [-0.25, -0.2) is 0 Å². The van der Waals surface area contributed by atoms with E-state index in [0.29, 0.717) is 0 Å². The van der Waals surface area contributed by atoms with E-state index in [9.17, 15) is 0 Å². The lowest BCUT2D eigenvalue weighted by Crippen LogP contribution is -2.48. The second-order valence-corrected chi connectivity index (χ2v) is 6.92. The van der Waals surface area contributed by atoms with Crippen molar-refractivity contribution in [3.05, 3.63) is 34.9 Å². The minimum atomic E-state index is 0.138. The van der Waals surface area contributed by atoms with Crippen LogP contribution in [0.15, 0.2) is 18.2 Å². The van der Waals surface area contributed by atoms with Crippen molar-refractivity contribution in [2.24, 2.45) is 0 Å². The summed E-state index contributed by atoms with van der Waals surface area (Å²) in [7, 11) is 2.01. The van der Waals surface area contributed by atoms with Crippen molar-refractivity contribution in [3.63, 3.8) is 0 Å². The van der Waals surface area contributed by atoms with Crippen LogP contribution in [0.1, 0.15) is 44.4 Å². The molecule has 1 aromatic carbocycles. The summed E-state index contributed by atoms with van der Waals surface area (Å²) >= 11 is 0. The second-order valence-electron chi connectivity index (χ2n) is 6.92. The van der Waals surface area contributed by atoms with Crippen LogP contribution in [0.3, 0.4) is 0 Å². The number of rotatable bonds is 6. The first-order chi connectivity index (χ1) is 8.68. The molecule has 2 N–H and O–H groups in total. The SMILES string of the molecule is CNC(C)(C)CNCC(C)(C)c1ccc(C)c(C)c1. The molecule has 0 fully saturated rings. The standard InChI is InChI=1S/C17H30N2/c1-13-8-9-15(10-14(13)2)16(3,4)11-19-12-17(5,6)18-7/h8-10,18-19H,11-12H2,1-7H3. The summed E-state index contributed by atoms with van der Waals surface area (Å²) in [5, 5.41) is 6.91. The van der Waals surface area contributed by atoms with Gasteiger partial charge in [-0.1, -0.05) is 32.0 Å². The monoisotopic (exact) mass is 262 g/mol. The fourth-order valence-corrected chi connectivity index (χ4v) is 2.04. The van der Waals surface area contributed by atoms with Gasteiger partial charge in [0.05, 0.1) is 0 Å². The van der Waals surface area contributed by atoms with Gasteiger partial charge in [-0.3, -0.25) is 0 Å². The second kappa shape index (κ2) is 6.06. The Morgan fingerprint density at radius 1 is 0.947 bits per heavy atom. The Hall–Kier alpha value is -0.860. The zero-order valence-corrected chi connectivity index (χ0v) is 13.6. The van der Waals surface area contributed by atoms with E-state index in [0.717, 1.165) is 13.1 Å². The van der Waals surface area contributed by atoms with E-state index in [-0.39, 0.29) is 11.0 Å². The zero-order valence-electron chi connectivity index (χ0n) is 13.6. The van der Waals surface area contributed by atoms with Crippen LogP contribution >= 0.6 is 0 Å². The normalized spacial score (nSPS) is 12.8. The highest BCUT2D eigenvalue weighted by Crippen LogP contribution is 2.24. The lowest BCUT2D eigenvalue weighted by molar-refractivity contribution is 0.367. The van der Waals surface area contributed by atoms with Crippen LogP contribution in [0.2, 0.25) is 0 Å². The van der Waals surface area contributed by atoms with Gasteiger partial charge >= 0.3 is 0 Å². The Morgan fingerprint density at radius 3 is 2.11 bits per heavy atom. The van der Waals surface area contributed by atoms with Crippen LogP contribution in [0.4, 0.5) is 0 Å². The van der Waals surface area contributed by atoms with Gasteiger partial charge in [0.15, 0.2) is 0 Å². The average Bonchev–Trinajstić information content (AvgIpc) is 2.32. The highest BCUT2D eigenvalue weighted by Gasteiger charge is 2.22. The number of likely N-dealkylation sites (N-methyl/N-ethyl adjacent to an activating group) is 1. The summed E-state index contributed by atoms with van der Waals surface area (Å²) < 4.78 is 0. The summed E-state index contributed by atoms with van der Waals surface area (Å²) in [5.41, 5.74) is 4.44. The Morgan fingerprint density at radius 2 is 1.58 bits per heavy atom. The molecular formula is C17H30N2. The van der Waals surface area contributed by atoms with Crippen molar-refractivity contribution in [3.8, 4) is 0 Å². The molecule has 19 heavy (non-hydrogen) atoms. The van der Waals surface area contributed by atoms with Crippen molar-refractivity contribution in [1.29, 1.82) is 0 Å². The molecule has 0 bridgehead atoms. The molecule has 0 radical (unpaired) electrons. The average molecular weight is 262 g/mol. The van der Waals surface area contributed by atoms with Gasteiger partial charge in [0, 0.05) is 24.0 Å². The van der Waals surface area contributed by atoms with Crippen molar-refractivity contribution in [2.75, 3.05) is 20.1 Å². The molecule has 2 nitrogen and oxygen atoms in total. The lowest BCUT2D eigenvalue weighted by atomic mass is 9.83. The first-order valence-electron chi connectivity index (χ1n) is 7.15. The maximum Gasteiger partial charge on any atom is 0.0246 e. The molecular weight excluding hydrogens is 232 g/mol. The summed E-state index contributed by atoms with van der Waals surface area (Å²) in [5.74, 6) is 0. The van der Waals surface area contributed by atoms with E-state index in [4.69, 9.17) is 0 Å². The van der Waals surface area contributed by atoms with Gasteiger partial charge in [0.25, 0.3) is 0 Å². The summed E-state index contributed by atoms with van der Waals surface area (Å²) in [6.07, 6.45) is 0. The van der Waals surface area contributed by atoms with Crippen LogP contribution in [-0.4, -0.2) is 25.7 Å². The van der Waals surface area contributed by atoms with Crippen LogP contribution in [0.5, 0.6) is 0 Å². The van der Waals surface area contributed by atoms with Crippen molar-refractivity contribution < 1.29 is 0 Å². The van der Waals surface area contributed by atoms with Crippen molar-refractivity contribution in [1.82, 2.24) is 10.6 Å². The van der Waals surface area contributed by atoms with Crippen LogP contribution in [0, 0.1) is 13.8 Å². The van der Waals surface area contributed by atoms with Gasteiger partial charge < -0.3 is 10.6 Å². The molecule has 108 valence electrons. The zero-order chi connectivity index (χ0) is 14.7. The highest BCUT2D eigenvalue weighted by atomic mass is 15.0. The highest BCUT2D eigenvalue weighted by molar-refractivity contribution is 5.34. The number of nitrogens with one attached hydrogen (secondary N) is 2. The Kier molecular flexibility index (Phi) is 5.17. The topological polar surface area (TPSA) is 24.1 Å². The molecule has 0 aromatic heterocycles. The maximum atomic E-state index is 3.59. The number of aryl methyl sites for hydroxylation is 2. The number of hydrogen-bond acceptors (Lipinski definition) is 2. The molecule has 1 aromatic rings. The summed E-state index contributed by atoms with van der Waals surface area (Å²) in [4.78, 5) is 0. The smallest absolute Gasteiger partial charge is 0.0246 e. The van der Waals surface area contributed by atoms with Crippen LogP contribution in [-0.2, 0) is 5.41 Å². The lowest BCUT2D eigenvalue weighted by Gasteiger charge is -2.30. The third kappa shape index (κ3) is 4.63.